The molecule has 1 aromatic carbocycles. The highest BCUT2D eigenvalue weighted by Gasteiger charge is 1.94. The Bertz CT molecular complexity index is 308. The highest BCUT2D eigenvalue weighted by molar-refractivity contribution is 7.80. The van der Waals surface area contributed by atoms with Gasteiger partial charge in [-0.2, -0.15) is 5.26 Å². The molecule has 0 heterocycles. The zero-order valence-corrected chi connectivity index (χ0v) is 6.56. The normalized spacial score (nSPS) is 7.92. The molecule has 0 amide bonds. The maximum absolute atomic E-state index is 8.45. The van der Waals surface area contributed by atoms with Gasteiger partial charge in [-0.3, -0.25) is 0 Å². The van der Waals surface area contributed by atoms with Gasteiger partial charge in [0, 0.05) is 5.56 Å². The molecule has 0 unspecified atom stereocenters. The van der Waals surface area contributed by atoms with Crippen molar-refractivity contribution in [2.45, 2.75) is 7.43 Å². The number of nitriles is 1. The van der Waals surface area contributed by atoms with Crippen LogP contribution in [0.15, 0.2) is 24.3 Å². The lowest BCUT2D eigenvalue weighted by Gasteiger charge is -1.95. The van der Waals surface area contributed by atoms with Gasteiger partial charge in [0.1, 0.15) is 4.99 Å². The van der Waals surface area contributed by atoms with Crippen LogP contribution in [0.3, 0.4) is 0 Å². The first-order chi connectivity index (χ1) is 5.24. The van der Waals surface area contributed by atoms with Gasteiger partial charge in [0.15, 0.2) is 0 Å². The molecule has 0 saturated heterocycles. The first kappa shape index (κ1) is 10.6. The van der Waals surface area contributed by atoms with Gasteiger partial charge in [-0.1, -0.05) is 31.8 Å². The number of hydrogen-bond acceptors (Lipinski definition) is 2. The molecular formula is C9H10N2S. The molecular weight excluding hydrogens is 168 g/mol. The fourth-order valence-corrected chi connectivity index (χ4v) is 0.845. The maximum Gasteiger partial charge on any atom is 0.103 e. The maximum atomic E-state index is 8.45. The summed E-state index contributed by atoms with van der Waals surface area (Å²) in [4.78, 5) is 0.356. The van der Waals surface area contributed by atoms with Crippen LogP contribution >= 0.6 is 12.2 Å². The summed E-state index contributed by atoms with van der Waals surface area (Å²) in [7, 11) is 0. The predicted octanol–water partition coefficient (Wildman–Crippen LogP) is 1.83. The van der Waals surface area contributed by atoms with Crippen molar-refractivity contribution in [3.05, 3.63) is 35.4 Å². The first-order valence-electron chi connectivity index (χ1n) is 3.04. The summed E-state index contributed by atoms with van der Waals surface area (Å²) >= 11 is 4.74. The van der Waals surface area contributed by atoms with Crippen LogP contribution in [0.1, 0.15) is 18.6 Å². The van der Waals surface area contributed by atoms with Crippen LogP contribution in [0, 0.1) is 11.3 Å². The Morgan fingerprint density at radius 2 is 1.83 bits per heavy atom. The van der Waals surface area contributed by atoms with Crippen molar-refractivity contribution in [3.63, 3.8) is 0 Å². The second-order valence-corrected chi connectivity index (χ2v) is 2.49. The van der Waals surface area contributed by atoms with E-state index in [-0.39, 0.29) is 7.43 Å². The number of thiocarbonyl (C=S) groups is 1. The van der Waals surface area contributed by atoms with Gasteiger partial charge >= 0.3 is 0 Å². The van der Waals surface area contributed by atoms with E-state index in [4.69, 9.17) is 23.2 Å². The van der Waals surface area contributed by atoms with E-state index in [1.54, 1.807) is 24.3 Å². The molecule has 12 heavy (non-hydrogen) atoms. The Kier molecular flexibility index (Phi) is 3.95. The van der Waals surface area contributed by atoms with E-state index >= 15 is 0 Å². The zero-order chi connectivity index (χ0) is 8.27. The van der Waals surface area contributed by atoms with E-state index in [2.05, 4.69) is 0 Å². The summed E-state index contributed by atoms with van der Waals surface area (Å²) in [6.45, 7) is 0. The predicted molar refractivity (Wildman–Crippen MR) is 53.8 cm³/mol. The van der Waals surface area contributed by atoms with Gasteiger partial charge in [0.25, 0.3) is 0 Å². The molecule has 0 fully saturated rings. The molecule has 1 rings (SSSR count). The van der Waals surface area contributed by atoms with Gasteiger partial charge in [-0.05, 0) is 12.1 Å². The molecule has 0 aromatic heterocycles. The number of benzene rings is 1. The van der Waals surface area contributed by atoms with Crippen molar-refractivity contribution in [2.24, 2.45) is 5.73 Å². The minimum Gasteiger partial charge on any atom is -0.389 e. The second kappa shape index (κ2) is 4.47. The van der Waals surface area contributed by atoms with Crippen LogP contribution in [0.25, 0.3) is 0 Å². The molecule has 62 valence electrons. The lowest BCUT2D eigenvalue weighted by Crippen LogP contribution is -2.08. The van der Waals surface area contributed by atoms with E-state index in [1.807, 2.05) is 6.07 Å². The van der Waals surface area contributed by atoms with Crippen LogP contribution in [0.4, 0.5) is 0 Å². The van der Waals surface area contributed by atoms with Crippen LogP contribution in [-0.4, -0.2) is 4.99 Å². The van der Waals surface area contributed by atoms with Gasteiger partial charge in [-0.15, -0.1) is 0 Å². The van der Waals surface area contributed by atoms with Crippen LogP contribution in [0.2, 0.25) is 0 Å². The number of nitrogens with zero attached hydrogens (tertiary/aromatic N) is 1. The molecule has 0 bridgehead atoms. The molecule has 2 N–H and O–H groups in total. The van der Waals surface area contributed by atoms with Crippen LogP contribution < -0.4 is 5.73 Å². The lowest BCUT2D eigenvalue weighted by atomic mass is 10.1. The van der Waals surface area contributed by atoms with E-state index in [9.17, 15) is 0 Å². The lowest BCUT2D eigenvalue weighted by molar-refractivity contribution is 1.48. The standard InChI is InChI=1S/C8H6N2S.CH4/c9-5-6-1-3-7(4-2-6)8(10)11;/h1-4H,(H2,10,11);1H4. The molecule has 2 nitrogen and oxygen atoms in total. The minimum atomic E-state index is 0. The van der Waals surface area contributed by atoms with Gasteiger partial charge in [0.05, 0.1) is 11.6 Å². The van der Waals surface area contributed by atoms with Crippen molar-refractivity contribution >= 4 is 17.2 Å². The first-order valence-corrected chi connectivity index (χ1v) is 3.45. The molecule has 1 aromatic rings. The van der Waals surface area contributed by atoms with Crippen LogP contribution in [0.5, 0.6) is 0 Å². The van der Waals surface area contributed by atoms with E-state index in [0.29, 0.717) is 10.6 Å². The number of hydrogen-bond donors (Lipinski definition) is 1. The summed E-state index contributed by atoms with van der Waals surface area (Å²) in [5, 5.41) is 8.45. The Morgan fingerprint density at radius 1 is 1.33 bits per heavy atom. The zero-order valence-electron chi connectivity index (χ0n) is 5.74. The van der Waals surface area contributed by atoms with Crippen molar-refractivity contribution in [3.8, 4) is 6.07 Å². The number of nitrogens with two attached hydrogens (primary N) is 1. The minimum absolute atomic E-state index is 0. The van der Waals surface area contributed by atoms with Gasteiger partial charge in [-0.25, -0.2) is 0 Å². The van der Waals surface area contributed by atoms with Crippen molar-refractivity contribution < 1.29 is 0 Å². The molecule has 0 atom stereocenters. The smallest absolute Gasteiger partial charge is 0.103 e. The third kappa shape index (κ3) is 2.33. The van der Waals surface area contributed by atoms with Crippen LogP contribution in [-0.2, 0) is 0 Å². The highest BCUT2D eigenvalue weighted by atomic mass is 32.1. The summed E-state index contributed by atoms with van der Waals surface area (Å²) in [5.74, 6) is 0. The molecule has 0 spiro atoms. The average Bonchev–Trinajstić information content (AvgIpc) is 2.05. The molecule has 0 aliphatic rings. The largest absolute Gasteiger partial charge is 0.389 e. The monoisotopic (exact) mass is 178 g/mol. The van der Waals surface area contributed by atoms with Crippen molar-refractivity contribution in [2.75, 3.05) is 0 Å². The fourth-order valence-electron chi connectivity index (χ4n) is 0.709. The fraction of sp³-hybridized carbons (Fsp3) is 0.111. The Balaban J connectivity index is 0.00000121. The highest BCUT2D eigenvalue weighted by Crippen LogP contribution is 2.02. The average molecular weight is 178 g/mol. The second-order valence-electron chi connectivity index (χ2n) is 2.05. The summed E-state index contributed by atoms with van der Waals surface area (Å²) in [5.41, 5.74) is 6.76. The number of rotatable bonds is 1. The molecule has 0 aliphatic heterocycles. The molecule has 0 aliphatic carbocycles. The van der Waals surface area contributed by atoms with E-state index < -0.39 is 0 Å². The van der Waals surface area contributed by atoms with E-state index in [0.717, 1.165) is 5.56 Å². The molecule has 3 heteroatoms. The summed E-state index contributed by atoms with van der Waals surface area (Å²) in [6.07, 6.45) is 0. The third-order valence-corrected chi connectivity index (χ3v) is 1.53. The quantitative estimate of drug-likeness (QED) is 0.667. The third-order valence-electron chi connectivity index (χ3n) is 1.30. The SMILES string of the molecule is C.N#Cc1ccc(C(N)=S)cc1. The topological polar surface area (TPSA) is 49.8 Å². The Hall–Kier alpha value is -1.40. The van der Waals surface area contributed by atoms with E-state index in [1.165, 1.54) is 0 Å². The van der Waals surface area contributed by atoms with Gasteiger partial charge < -0.3 is 5.73 Å². The summed E-state index contributed by atoms with van der Waals surface area (Å²) < 4.78 is 0. The van der Waals surface area contributed by atoms with Crippen molar-refractivity contribution in [1.29, 1.82) is 5.26 Å². The molecule has 0 saturated carbocycles. The Morgan fingerprint density at radius 3 is 2.17 bits per heavy atom. The molecule has 0 radical (unpaired) electrons. The summed E-state index contributed by atoms with van der Waals surface area (Å²) in [6, 6.07) is 8.86. The van der Waals surface area contributed by atoms with Crippen molar-refractivity contribution in [1.82, 2.24) is 0 Å². The van der Waals surface area contributed by atoms with Gasteiger partial charge in [0.2, 0.25) is 0 Å². The Labute approximate surface area is 77.6 Å².